The van der Waals surface area contributed by atoms with Crippen LogP contribution in [0.3, 0.4) is 0 Å². The fraction of sp³-hybridized carbons (Fsp3) is 0.467. The number of carbonyl (C=O) groups is 2. The number of ether oxygens (including phenoxy) is 2. The molecule has 1 heterocycles. The highest BCUT2D eigenvalue weighted by molar-refractivity contribution is 5.86. The third kappa shape index (κ3) is 2.79. The van der Waals surface area contributed by atoms with Crippen LogP contribution < -0.4 is 14.8 Å². The maximum atomic E-state index is 12.0. The Labute approximate surface area is 122 Å². The van der Waals surface area contributed by atoms with Gasteiger partial charge in [-0.05, 0) is 25.0 Å². The summed E-state index contributed by atoms with van der Waals surface area (Å²) in [5.41, 5.74) is 0. The van der Waals surface area contributed by atoms with Crippen LogP contribution in [0.4, 0.5) is 0 Å². The number of carboxylic acid groups (broad SMARTS) is 1. The summed E-state index contributed by atoms with van der Waals surface area (Å²) in [7, 11) is 0. The number of hydrogen-bond acceptors (Lipinski definition) is 4. The topological polar surface area (TPSA) is 84.9 Å². The number of hydrogen-bond donors (Lipinski definition) is 2. The van der Waals surface area contributed by atoms with E-state index in [9.17, 15) is 9.59 Å². The number of rotatable bonds is 4. The van der Waals surface area contributed by atoms with Crippen molar-refractivity contribution < 1.29 is 24.2 Å². The minimum absolute atomic E-state index is 0.212. The van der Waals surface area contributed by atoms with Crippen molar-refractivity contribution in [3.05, 3.63) is 24.3 Å². The molecule has 6 nitrogen and oxygen atoms in total. The summed E-state index contributed by atoms with van der Waals surface area (Å²) >= 11 is 0. The zero-order chi connectivity index (χ0) is 14.8. The van der Waals surface area contributed by atoms with Gasteiger partial charge in [0.1, 0.15) is 12.7 Å². The highest BCUT2D eigenvalue weighted by Gasteiger charge is 2.41. The maximum Gasteiger partial charge on any atom is 0.307 e. The molecular formula is C15H17NO5. The van der Waals surface area contributed by atoms with Gasteiger partial charge in [-0.2, -0.15) is 0 Å². The summed E-state index contributed by atoms with van der Waals surface area (Å²) < 4.78 is 11.3. The molecule has 1 aliphatic carbocycles. The fourth-order valence-corrected chi connectivity index (χ4v) is 2.62. The van der Waals surface area contributed by atoms with E-state index in [1.54, 1.807) is 0 Å². The van der Waals surface area contributed by atoms with Crippen LogP contribution in [0, 0.1) is 11.8 Å². The zero-order valence-electron chi connectivity index (χ0n) is 11.5. The lowest BCUT2D eigenvalue weighted by atomic mass is 9.73. The van der Waals surface area contributed by atoms with Crippen LogP contribution in [0.15, 0.2) is 24.3 Å². The van der Waals surface area contributed by atoms with E-state index in [0.717, 1.165) is 0 Å². The van der Waals surface area contributed by atoms with Crippen molar-refractivity contribution >= 4 is 11.9 Å². The first-order valence-corrected chi connectivity index (χ1v) is 7.04. The fourth-order valence-electron chi connectivity index (χ4n) is 2.62. The molecule has 1 amide bonds. The van der Waals surface area contributed by atoms with Crippen LogP contribution in [-0.4, -0.2) is 36.2 Å². The molecule has 1 aromatic rings. The Morgan fingerprint density at radius 3 is 2.57 bits per heavy atom. The second-order valence-corrected chi connectivity index (χ2v) is 5.37. The van der Waals surface area contributed by atoms with Crippen LogP contribution in [0.25, 0.3) is 0 Å². The molecule has 0 bridgehead atoms. The van der Waals surface area contributed by atoms with Crippen LogP contribution in [0.2, 0.25) is 0 Å². The number of aliphatic carboxylic acids is 1. The Balaban J connectivity index is 1.50. The van der Waals surface area contributed by atoms with Crippen molar-refractivity contribution in [3.8, 4) is 11.5 Å². The van der Waals surface area contributed by atoms with Crippen molar-refractivity contribution in [2.75, 3.05) is 13.2 Å². The number of fused-ring (bicyclic) bond motifs is 1. The molecule has 3 atom stereocenters. The SMILES string of the molecule is O=C(O)C1CCC1C(=O)NCC1COc2ccccc2O1. The van der Waals surface area contributed by atoms with E-state index in [-0.39, 0.29) is 12.0 Å². The lowest BCUT2D eigenvalue weighted by Crippen LogP contribution is -2.47. The van der Waals surface area contributed by atoms with Gasteiger partial charge >= 0.3 is 5.97 Å². The van der Waals surface area contributed by atoms with Gasteiger partial charge in [-0.25, -0.2) is 0 Å². The van der Waals surface area contributed by atoms with Crippen LogP contribution >= 0.6 is 0 Å². The molecule has 0 aromatic heterocycles. The Morgan fingerprint density at radius 2 is 1.90 bits per heavy atom. The molecule has 1 saturated carbocycles. The molecule has 1 fully saturated rings. The van der Waals surface area contributed by atoms with Gasteiger partial charge in [-0.3, -0.25) is 9.59 Å². The molecule has 2 N–H and O–H groups in total. The highest BCUT2D eigenvalue weighted by Crippen LogP contribution is 2.34. The summed E-state index contributed by atoms with van der Waals surface area (Å²) in [6, 6.07) is 7.37. The average Bonchev–Trinajstić information content (AvgIpc) is 2.43. The quantitative estimate of drug-likeness (QED) is 0.866. The molecule has 112 valence electrons. The van der Waals surface area contributed by atoms with E-state index in [1.807, 2.05) is 24.3 Å². The normalized spacial score (nSPS) is 26.6. The average molecular weight is 291 g/mol. The van der Waals surface area contributed by atoms with Gasteiger partial charge in [0.2, 0.25) is 5.91 Å². The predicted molar refractivity (Wildman–Crippen MR) is 73.2 cm³/mol. The standard InChI is InChI=1S/C15H17NO5/c17-14(10-5-6-11(10)15(18)19)16-7-9-8-20-12-3-1-2-4-13(12)21-9/h1-4,9-11H,5-8H2,(H,16,17)(H,18,19). The Morgan fingerprint density at radius 1 is 1.19 bits per heavy atom. The molecule has 0 saturated heterocycles. The van der Waals surface area contributed by atoms with Crippen LogP contribution in [0.1, 0.15) is 12.8 Å². The number of carboxylic acids is 1. The molecule has 2 aliphatic rings. The maximum absolute atomic E-state index is 12.0. The van der Waals surface area contributed by atoms with Crippen molar-refractivity contribution in [2.24, 2.45) is 11.8 Å². The van der Waals surface area contributed by atoms with E-state index in [2.05, 4.69) is 5.32 Å². The van der Waals surface area contributed by atoms with Crippen molar-refractivity contribution in [1.29, 1.82) is 0 Å². The summed E-state index contributed by atoms with van der Waals surface area (Å²) in [5.74, 6) is -0.711. The first kappa shape index (κ1) is 13.7. The van der Waals surface area contributed by atoms with E-state index in [0.29, 0.717) is 37.5 Å². The number of benzene rings is 1. The molecule has 6 heteroatoms. The third-order valence-corrected chi connectivity index (χ3v) is 4.00. The first-order chi connectivity index (χ1) is 10.1. The van der Waals surface area contributed by atoms with Gasteiger partial charge in [-0.15, -0.1) is 0 Å². The summed E-state index contributed by atoms with van der Waals surface area (Å²) in [6.07, 6.45) is 0.949. The third-order valence-electron chi connectivity index (χ3n) is 4.00. The number of carbonyl (C=O) groups excluding carboxylic acids is 1. The Hall–Kier alpha value is -2.24. The van der Waals surface area contributed by atoms with Gasteiger partial charge in [0.15, 0.2) is 11.5 Å². The van der Waals surface area contributed by atoms with Crippen molar-refractivity contribution in [3.63, 3.8) is 0 Å². The predicted octanol–water partition coefficient (Wildman–Crippen LogP) is 1.05. The minimum atomic E-state index is -0.896. The second kappa shape index (κ2) is 5.63. The molecule has 1 aromatic carbocycles. The Bertz CT molecular complexity index is 559. The minimum Gasteiger partial charge on any atom is -0.486 e. The molecule has 3 unspecified atom stereocenters. The monoisotopic (exact) mass is 291 g/mol. The first-order valence-electron chi connectivity index (χ1n) is 7.04. The lowest BCUT2D eigenvalue weighted by Gasteiger charge is -2.33. The van der Waals surface area contributed by atoms with E-state index < -0.39 is 17.8 Å². The van der Waals surface area contributed by atoms with Crippen LogP contribution in [0.5, 0.6) is 11.5 Å². The molecular weight excluding hydrogens is 274 g/mol. The van der Waals surface area contributed by atoms with Gasteiger partial charge in [0, 0.05) is 0 Å². The number of nitrogens with one attached hydrogen (secondary N) is 1. The Kier molecular flexibility index (Phi) is 3.68. The molecule has 3 rings (SSSR count). The van der Waals surface area contributed by atoms with Gasteiger partial charge < -0.3 is 19.9 Å². The lowest BCUT2D eigenvalue weighted by molar-refractivity contribution is -0.152. The summed E-state index contributed by atoms with van der Waals surface area (Å²) in [5, 5.41) is 11.7. The number of para-hydroxylation sites is 2. The second-order valence-electron chi connectivity index (χ2n) is 5.37. The van der Waals surface area contributed by atoms with Crippen LogP contribution in [-0.2, 0) is 9.59 Å². The highest BCUT2D eigenvalue weighted by atomic mass is 16.6. The van der Waals surface area contributed by atoms with E-state index >= 15 is 0 Å². The largest absolute Gasteiger partial charge is 0.486 e. The number of amides is 1. The van der Waals surface area contributed by atoms with E-state index in [4.69, 9.17) is 14.6 Å². The van der Waals surface area contributed by atoms with E-state index in [1.165, 1.54) is 0 Å². The molecule has 0 radical (unpaired) electrons. The smallest absolute Gasteiger partial charge is 0.307 e. The van der Waals surface area contributed by atoms with Crippen molar-refractivity contribution in [2.45, 2.75) is 18.9 Å². The summed E-state index contributed by atoms with van der Waals surface area (Å²) in [4.78, 5) is 22.9. The van der Waals surface area contributed by atoms with Gasteiger partial charge in [-0.1, -0.05) is 12.1 Å². The molecule has 21 heavy (non-hydrogen) atoms. The van der Waals surface area contributed by atoms with Gasteiger partial charge in [0.05, 0.1) is 18.4 Å². The zero-order valence-corrected chi connectivity index (χ0v) is 11.5. The van der Waals surface area contributed by atoms with Gasteiger partial charge in [0.25, 0.3) is 0 Å². The summed E-state index contributed by atoms with van der Waals surface area (Å²) in [6.45, 7) is 0.681. The van der Waals surface area contributed by atoms with Crippen molar-refractivity contribution in [1.82, 2.24) is 5.32 Å². The molecule has 1 aliphatic heterocycles. The molecule has 0 spiro atoms.